The van der Waals surface area contributed by atoms with Crippen LogP contribution in [0.4, 0.5) is 5.69 Å². The third-order valence-electron chi connectivity index (χ3n) is 2.44. The molecule has 1 aromatic carbocycles. The number of methoxy groups -OCH3 is 3. The molecule has 0 amide bonds. The van der Waals surface area contributed by atoms with Crippen LogP contribution in [0, 0.1) is 0 Å². The van der Waals surface area contributed by atoms with Crippen LogP contribution in [0.5, 0.6) is 5.75 Å². The maximum Gasteiger partial charge on any atom is 0.174 e. The first-order valence-electron chi connectivity index (χ1n) is 5.12. The molecule has 0 saturated heterocycles. The Kier molecular flexibility index (Phi) is 5.08. The Morgan fingerprint density at radius 1 is 1.19 bits per heavy atom. The van der Waals surface area contributed by atoms with Gasteiger partial charge >= 0.3 is 0 Å². The summed E-state index contributed by atoms with van der Waals surface area (Å²) in [5.41, 5.74) is 1.07. The molecule has 0 atom stereocenters. The molecule has 0 aromatic heterocycles. The maximum absolute atomic E-state index is 5.17. The summed E-state index contributed by atoms with van der Waals surface area (Å²) in [4.78, 5) is 2.06. The normalized spacial score (nSPS) is 10.6. The largest absolute Gasteiger partial charge is 0.497 e. The third kappa shape index (κ3) is 3.40. The van der Waals surface area contributed by atoms with Crippen molar-refractivity contribution in [2.24, 2.45) is 0 Å². The van der Waals surface area contributed by atoms with Gasteiger partial charge in [0.1, 0.15) is 5.75 Å². The number of hydrogen-bond acceptors (Lipinski definition) is 4. The average Bonchev–Trinajstić information content (AvgIpc) is 2.35. The Bertz CT molecular complexity index is 313. The van der Waals surface area contributed by atoms with E-state index in [4.69, 9.17) is 14.2 Å². The molecule has 0 radical (unpaired) electrons. The molecule has 0 spiro atoms. The Hall–Kier alpha value is -1.26. The molecule has 1 aromatic rings. The van der Waals surface area contributed by atoms with Crippen LogP contribution in [0.3, 0.4) is 0 Å². The van der Waals surface area contributed by atoms with E-state index in [1.165, 1.54) is 0 Å². The zero-order chi connectivity index (χ0) is 12.0. The van der Waals surface area contributed by atoms with Crippen LogP contribution in [0.25, 0.3) is 0 Å². The molecule has 0 aliphatic heterocycles. The summed E-state index contributed by atoms with van der Waals surface area (Å²) in [7, 11) is 6.91. The summed E-state index contributed by atoms with van der Waals surface area (Å²) >= 11 is 0. The zero-order valence-electron chi connectivity index (χ0n) is 10.3. The van der Waals surface area contributed by atoms with Crippen LogP contribution in [-0.2, 0) is 9.47 Å². The van der Waals surface area contributed by atoms with E-state index < -0.39 is 0 Å². The summed E-state index contributed by atoms with van der Waals surface area (Å²) in [6.07, 6.45) is -0.226. The second-order valence-corrected chi connectivity index (χ2v) is 3.48. The minimum absolute atomic E-state index is 0.226. The second-order valence-electron chi connectivity index (χ2n) is 3.48. The molecule has 0 bridgehead atoms. The van der Waals surface area contributed by atoms with Gasteiger partial charge in [0.05, 0.1) is 13.7 Å². The number of anilines is 1. The van der Waals surface area contributed by atoms with Gasteiger partial charge in [-0.15, -0.1) is 0 Å². The van der Waals surface area contributed by atoms with Gasteiger partial charge in [-0.05, 0) is 12.1 Å². The molecule has 0 heterocycles. The monoisotopic (exact) mass is 225 g/mol. The van der Waals surface area contributed by atoms with Crippen molar-refractivity contribution >= 4 is 5.69 Å². The minimum Gasteiger partial charge on any atom is -0.497 e. The van der Waals surface area contributed by atoms with Crippen molar-refractivity contribution in [2.75, 3.05) is 39.8 Å². The Morgan fingerprint density at radius 2 is 1.88 bits per heavy atom. The fourth-order valence-electron chi connectivity index (χ4n) is 1.42. The SMILES string of the molecule is COc1cccc(N(C)CC(OC)OC)c1. The van der Waals surface area contributed by atoms with Gasteiger partial charge in [-0.25, -0.2) is 0 Å². The van der Waals surface area contributed by atoms with E-state index in [0.717, 1.165) is 11.4 Å². The van der Waals surface area contributed by atoms with Crippen molar-refractivity contribution in [1.82, 2.24) is 0 Å². The summed E-state index contributed by atoms with van der Waals surface area (Å²) < 4.78 is 15.5. The molecule has 0 unspecified atom stereocenters. The summed E-state index contributed by atoms with van der Waals surface area (Å²) in [5.74, 6) is 0.843. The van der Waals surface area contributed by atoms with Crippen molar-refractivity contribution in [2.45, 2.75) is 6.29 Å². The molecular formula is C12H19NO3. The quantitative estimate of drug-likeness (QED) is 0.690. The van der Waals surface area contributed by atoms with E-state index in [-0.39, 0.29) is 6.29 Å². The highest BCUT2D eigenvalue weighted by molar-refractivity contribution is 5.50. The fourth-order valence-corrected chi connectivity index (χ4v) is 1.42. The molecule has 4 heteroatoms. The van der Waals surface area contributed by atoms with Gasteiger partial charge in [0.2, 0.25) is 0 Å². The highest BCUT2D eigenvalue weighted by Crippen LogP contribution is 2.20. The predicted octanol–water partition coefficient (Wildman–Crippen LogP) is 1.75. The first-order chi connectivity index (χ1) is 7.71. The van der Waals surface area contributed by atoms with Crippen molar-refractivity contribution in [1.29, 1.82) is 0 Å². The lowest BCUT2D eigenvalue weighted by Gasteiger charge is -2.24. The van der Waals surface area contributed by atoms with Crippen LogP contribution >= 0.6 is 0 Å². The van der Waals surface area contributed by atoms with E-state index >= 15 is 0 Å². The number of ether oxygens (including phenoxy) is 3. The molecular weight excluding hydrogens is 206 g/mol. The van der Waals surface area contributed by atoms with Crippen molar-refractivity contribution < 1.29 is 14.2 Å². The predicted molar refractivity (Wildman–Crippen MR) is 64.1 cm³/mol. The minimum atomic E-state index is -0.226. The van der Waals surface area contributed by atoms with Crippen LogP contribution < -0.4 is 9.64 Å². The van der Waals surface area contributed by atoms with E-state index in [2.05, 4.69) is 4.90 Å². The van der Waals surface area contributed by atoms with Gasteiger partial charge in [0, 0.05) is 33.0 Å². The lowest BCUT2D eigenvalue weighted by molar-refractivity contribution is -0.0944. The van der Waals surface area contributed by atoms with Gasteiger partial charge in [-0.3, -0.25) is 0 Å². The van der Waals surface area contributed by atoms with Crippen LogP contribution in [-0.4, -0.2) is 41.2 Å². The van der Waals surface area contributed by atoms with Gasteiger partial charge in [-0.1, -0.05) is 6.07 Å². The first kappa shape index (κ1) is 12.8. The summed E-state index contributed by atoms with van der Waals surface area (Å²) in [6, 6.07) is 7.87. The number of rotatable bonds is 6. The van der Waals surface area contributed by atoms with E-state index in [9.17, 15) is 0 Å². The van der Waals surface area contributed by atoms with Gasteiger partial charge in [0.25, 0.3) is 0 Å². The Balaban J connectivity index is 2.67. The third-order valence-corrected chi connectivity index (χ3v) is 2.44. The van der Waals surface area contributed by atoms with Crippen LogP contribution in [0.1, 0.15) is 0 Å². The lowest BCUT2D eigenvalue weighted by Crippen LogP contribution is -2.31. The number of nitrogens with zero attached hydrogens (tertiary/aromatic N) is 1. The summed E-state index contributed by atoms with van der Waals surface area (Å²) in [6.45, 7) is 0.667. The average molecular weight is 225 g/mol. The fraction of sp³-hybridized carbons (Fsp3) is 0.500. The lowest BCUT2D eigenvalue weighted by atomic mass is 10.3. The van der Waals surface area contributed by atoms with E-state index in [1.54, 1.807) is 21.3 Å². The number of benzene rings is 1. The van der Waals surface area contributed by atoms with Gasteiger partial charge in [-0.2, -0.15) is 0 Å². The number of hydrogen-bond donors (Lipinski definition) is 0. The maximum atomic E-state index is 5.17. The molecule has 4 nitrogen and oxygen atoms in total. The standard InChI is InChI=1S/C12H19NO3/c1-13(9-12(15-3)16-4)10-6-5-7-11(8-10)14-2/h5-8,12H,9H2,1-4H3. The summed E-state index contributed by atoms with van der Waals surface area (Å²) in [5, 5.41) is 0. The van der Waals surface area contributed by atoms with Crippen LogP contribution in [0.2, 0.25) is 0 Å². The van der Waals surface area contributed by atoms with E-state index in [0.29, 0.717) is 6.54 Å². The first-order valence-corrected chi connectivity index (χ1v) is 5.12. The molecule has 90 valence electrons. The zero-order valence-corrected chi connectivity index (χ0v) is 10.3. The van der Waals surface area contributed by atoms with Crippen molar-refractivity contribution in [3.05, 3.63) is 24.3 Å². The highest BCUT2D eigenvalue weighted by atomic mass is 16.7. The molecule has 0 aliphatic rings. The highest BCUT2D eigenvalue weighted by Gasteiger charge is 2.10. The topological polar surface area (TPSA) is 30.9 Å². The Morgan fingerprint density at radius 3 is 2.44 bits per heavy atom. The second kappa shape index (κ2) is 6.35. The molecule has 1 rings (SSSR count). The van der Waals surface area contributed by atoms with Crippen molar-refractivity contribution in [3.8, 4) is 5.75 Å². The molecule has 0 fully saturated rings. The van der Waals surface area contributed by atoms with Crippen LogP contribution in [0.15, 0.2) is 24.3 Å². The van der Waals surface area contributed by atoms with Crippen molar-refractivity contribution in [3.63, 3.8) is 0 Å². The molecule has 16 heavy (non-hydrogen) atoms. The molecule has 0 saturated carbocycles. The molecule has 0 N–H and O–H groups in total. The van der Waals surface area contributed by atoms with E-state index in [1.807, 2.05) is 31.3 Å². The van der Waals surface area contributed by atoms with Gasteiger partial charge < -0.3 is 19.1 Å². The number of likely N-dealkylation sites (N-methyl/N-ethyl adjacent to an activating group) is 1. The Labute approximate surface area is 96.7 Å². The van der Waals surface area contributed by atoms with Gasteiger partial charge in [0.15, 0.2) is 6.29 Å². The smallest absolute Gasteiger partial charge is 0.174 e. The molecule has 0 aliphatic carbocycles.